The number of nitrogens with one attached hydrogen (secondary N) is 1. The van der Waals surface area contributed by atoms with Crippen molar-refractivity contribution in [3.05, 3.63) is 71.3 Å². The fourth-order valence-electron chi connectivity index (χ4n) is 2.28. The van der Waals surface area contributed by atoms with Gasteiger partial charge in [-0.15, -0.1) is 0 Å². The molecule has 0 fully saturated rings. The van der Waals surface area contributed by atoms with E-state index in [1.54, 1.807) is 62.6 Å². The number of ether oxygens (including phenoxy) is 1. The van der Waals surface area contributed by atoms with Gasteiger partial charge in [-0.25, -0.2) is 4.79 Å². The van der Waals surface area contributed by atoms with Gasteiger partial charge in [-0.05, 0) is 17.7 Å². The Hall–Kier alpha value is -3.15. The summed E-state index contributed by atoms with van der Waals surface area (Å²) < 4.78 is 5.48. The van der Waals surface area contributed by atoms with E-state index >= 15 is 0 Å². The molecule has 2 aromatic rings. The van der Waals surface area contributed by atoms with E-state index < -0.39 is 12.1 Å². The van der Waals surface area contributed by atoms with Gasteiger partial charge in [-0.1, -0.05) is 42.5 Å². The second-order valence-electron chi connectivity index (χ2n) is 6.04. The lowest BCUT2D eigenvalue weighted by molar-refractivity contribution is -0.138. The van der Waals surface area contributed by atoms with Crippen molar-refractivity contribution in [1.29, 1.82) is 0 Å². The first-order valence-corrected chi connectivity index (χ1v) is 8.19. The van der Waals surface area contributed by atoms with Gasteiger partial charge in [0.2, 0.25) is 12.0 Å². The highest BCUT2D eigenvalue weighted by molar-refractivity contribution is 5.92. The molecule has 26 heavy (non-hydrogen) atoms. The van der Waals surface area contributed by atoms with Crippen molar-refractivity contribution < 1.29 is 19.1 Å². The van der Waals surface area contributed by atoms with E-state index in [2.05, 4.69) is 5.32 Å². The van der Waals surface area contributed by atoms with E-state index in [-0.39, 0.29) is 11.8 Å². The lowest BCUT2D eigenvalue weighted by Gasteiger charge is -2.21. The third-order valence-electron chi connectivity index (χ3n) is 3.72. The van der Waals surface area contributed by atoms with Crippen molar-refractivity contribution in [3.8, 4) is 0 Å². The average molecular weight is 354 g/mol. The maximum atomic E-state index is 12.5. The molecule has 2 rings (SSSR count). The van der Waals surface area contributed by atoms with Crippen LogP contribution in [0.25, 0.3) is 0 Å². The number of hydrogen-bond donors (Lipinski definition) is 1. The van der Waals surface area contributed by atoms with Gasteiger partial charge in [0.25, 0.3) is 5.91 Å². The van der Waals surface area contributed by atoms with Crippen molar-refractivity contribution in [2.75, 3.05) is 14.1 Å². The molecule has 0 saturated heterocycles. The molecule has 6 heteroatoms. The molecule has 0 spiro atoms. The fraction of sp³-hybridized carbons (Fsp3) is 0.250. The third kappa shape index (κ3) is 5.17. The Morgan fingerprint density at radius 1 is 1.00 bits per heavy atom. The van der Waals surface area contributed by atoms with Gasteiger partial charge in [0.05, 0.1) is 5.56 Å². The summed E-state index contributed by atoms with van der Waals surface area (Å²) in [5.74, 6) is -1.02. The maximum Gasteiger partial charge on any atom is 0.339 e. The third-order valence-corrected chi connectivity index (χ3v) is 3.72. The molecular weight excluding hydrogens is 332 g/mol. The number of hydrogen-bond acceptors (Lipinski definition) is 4. The smallest absolute Gasteiger partial charge is 0.339 e. The standard InChI is InChI=1S/C20H22N2O4/c1-14(23)21-13-15-9-11-17(12-10-15)20(25)26-18(19(24)22(2)3)16-7-5-4-6-8-16/h4-12,18H,13H2,1-3H3,(H,21,23). The van der Waals surface area contributed by atoms with Crippen LogP contribution in [-0.2, 0) is 20.9 Å². The highest BCUT2D eigenvalue weighted by atomic mass is 16.5. The average Bonchev–Trinajstić information content (AvgIpc) is 2.64. The van der Waals surface area contributed by atoms with Crippen LogP contribution in [-0.4, -0.2) is 36.8 Å². The molecule has 1 atom stereocenters. The normalized spacial score (nSPS) is 11.3. The van der Waals surface area contributed by atoms with Crippen LogP contribution in [0, 0.1) is 0 Å². The van der Waals surface area contributed by atoms with Crippen LogP contribution in [0.15, 0.2) is 54.6 Å². The van der Waals surface area contributed by atoms with Crippen LogP contribution in [0.2, 0.25) is 0 Å². The van der Waals surface area contributed by atoms with Crippen molar-refractivity contribution >= 4 is 17.8 Å². The van der Waals surface area contributed by atoms with Gasteiger partial charge in [-0.3, -0.25) is 9.59 Å². The second-order valence-corrected chi connectivity index (χ2v) is 6.04. The molecule has 136 valence electrons. The van der Waals surface area contributed by atoms with E-state index in [1.807, 2.05) is 6.07 Å². The summed E-state index contributed by atoms with van der Waals surface area (Å²) in [5, 5.41) is 2.69. The Kier molecular flexibility index (Phi) is 6.49. The zero-order chi connectivity index (χ0) is 19.1. The van der Waals surface area contributed by atoms with Crippen LogP contribution < -0.4 is 5.32 Å². The number of likely N-dealkylation sites (N-methyl/N-ethyl adjacent to an activating group) is 1. The van der Waals surface area contributed by atoms with E-state index in [4.69, 9.17) is 4.74 Å². The molecule has 0 radical (unpaired) electrons. The highest BCUT2D eigenvalue weighted by Gasteiger charge is 2.26. The van der Waals surface area contributed by atoms with E-state index in [0.717, 1.165) is 5.56 Å². The van der Waals surface area contributed by atoms with Gasteiger partial charge >= 0.3 is 5.97 Å². The molecule has 0 heterocycles. The van der Waals surface area contributed by atoms with Crippen LogP contribution in [0.5, 0.6) is 0 Å². The van der Waals surface area contributed by atoms with E-state index in [9.17, 15) is 14.4 Å². The second kappa shape index (κ2) is 8.80. The number of nitrogens with zero attached hydrogens (tertiary/aromatic N) is 1. The minimum Gasteiger partial charge on any atom is -0.444 e. The molecular formula is C20H22N2O4. The Morgan fingerprint density at radius 3 is 2.15 bits per heavy atom. The summed E-state index contributed by atoms with van der Waals surface area (Å²) in [4.78, 5) is 37.2. The molecule has 1 unspecified atom stereocenters. The summed E-state index contributed by atoms with van der Waals surface area (Å²) in [5.41, 5.74) is 1.81. The number of carbonyl (C=O) groups is 3. The first-order chi connectivity index (χ1) is 12.4. The quantitative estimate of drug-likeness (QED) is 0.808. The molecule has 0 aliphatic rings. The topological polar surface area (TPSA) is 75.7 Å². The van der Waals surface area contributed by atoms with Crippen LogP contribution >= 0.6 is 0 Å². The lowest BCUT2D eigenvalue weighted by Crippen LogP contribution is -2.31. The van der Waals surface area contributed by atoms with Gasteiger partial charge in [0, 0.05) is 33.1 Å². The molecule has 0 aliphatic heterocycles. The summed E-state index contributed by atoms with van der Waals surface area (Å²) in [6, 6.07) is 15.6. The largest absolute Gasteiger partial charge is 0.444 e. The number of esters is 1. The minimum atomic E-state index is -1.00. The van der Waals surface area contributed by atoms with Crippen LogP contribution in [0.4, 0.5) is 0 Å². The molecule has 2 aromatic carbocycles. The molecule has 2 amide bonds. The van der Waals surface area contributed by atoms with Gasteiger partial charge in [0.1, 0.15) is 0 Å². The molecule has 0 aliphatic carbocycles. The first-order valence-electron chi connectivity index (χ1n) is 8.19. The Bertz CT molecular complexity index is 770. The summed E-state index contributed by atoms with van der Waals surface area (Å²) in [6.45, 7) is 1.83. The number of rotatable bonds is 6. The fourth-order valence-corrected chi connectivity index (χ4v) is 2.28. The maximum absolute atomic E-state index is 12.5. The predicted molar refractivity (Wildman–Crippen MR) is 97.3 cm³/mol. The molecule has 0 bridgehead atoms. The lowest BCUT2D eigenvalue weighted by atomic mass is 10.1. The summed E-state index contributed by atoms with van der Waals surface area (Å²) in [7, 11) is 3.23. The Morgan fingerprint density at radius 2 is 1.62 bits per heavy atom. The monoisotopic (exact) mass is 354 g/mol. The molecule has 1 N–H and O–H groups in total. The highest BCUT2D eigenvalue weighted by Crippen LogP contribution is 2.21. The van der Waals surface area contributed by atoms with Crippen LogP contribution in [0.1, 0.15) is 34.5 Å². The van der Waals surface area contributed by atoms with Crippen molar-refractivity contribution in [2.24, 2.45) is 0 Å². The number of amides is 2. The Balaban J connectivity index is 2.14. The summed E-state index contributed by atoms with van der Waals surface area (Å²) in [6.07, 6.45) is -1.00. The number of carbonyl (C=O) groups excluding carboxylic acids is 3. The van der Waals surface area contributed by atoms with Gasteiger partial charge in [0.15, 0.2) is 0 Å². The summed E-state index contributed by atoms with van der Waals surface area (Å²) >= 11 is 0. The van der Waals surface area contributed by atoms with Crippen molar-refractivity contribution in [1.82, 2.24) is 10.2 Å². The molecule has 6 nitrogen and oxygen atoms in total. The SMILES string of the molecule is CC(=O)NCc1ccc(C(=O)OC(C(=O)N(C)C)c2ccccc2)cc1. The van der Waals surface area contributed by atoms with E-state index in [0.29, 0.717) is 17.7 Å². The zero-order valence-electron chi connectivity index (χ0n) is 15.1. The molecule has 0 saturated carbocycles. The van der Waals surface area contributed by atoms with Crippen molar-refractivity contribution in [3.63, 3.8) is 0 Å². The first kappa shape index (κ1) is 19.2. The predicted octanol–water partition coefficient (Wildman–Crippen LogP) is 2.31. The zero-order valence-corrected chi connectivity index (χ0v) is 15.1. The van der Waals surface area contributed by atoms with Crippen LogP contribution in [0.3, 0.4) is 0 Å². The van der Waals surface area contributed by atoms with E-state index in [1.165, 1.54) is 11.8 Å². The van der Waals surface area contributed by atoms with Crippen molar-refractivity contribution in [2.45, 2.75) is 19.6 Å². The number of benzene rings is 2. The Labute approximate surface area is 152 Å². The van der Waals surface area contributed by atoms with Gasteiger partial charge in [-0.2, -0.15) is 0 Å². The van der Waals surface area contributed by atoms with Gasteiger partial charge < -0.3 is 15.0 Å². The minimum absolute atomic E-state index is 0.124. The molecule has 0 aromatic heterocycles.